The maximum Gasteiger partial charge on any atom is 0.0992 e. The molecule has 84 valence electrons. The second kappa shape index (κ2) is 5.46. The third-order valence-electron chi connectivity index (χ3n) is 2.28. The minimum absolute atomic E-state index is 0.639. The summed E-state index contributed by atoms with van der Waals surface area (Å²) in [6, 6.07) is 13.4. The first kappa shape index (κ1) is 11.6. The molecule has 2 rings (SSSR count). The highest BCUT2D eigenvalue weighted by Gasteiger charge is 2.01. The van der Waals surface area contributed by atoms with Crippen LogP contribution in [0.1, 0.15) is 11.3 Å². The Morgan fingerprint density at radius 3 is 2.82 bits per heavy atom. The van der Waals surface area contributed by atoms with E-state index >= 15 is 0 Å². The molecule has 0 fully saturated rings. The lowest BCUT2D eigenvalue weighted by Crippen LogP contribution is -2.01. The molecule has 0 spiro atoms. The van der Waals surface area contributed by atoms with Crippen LogP contribution in [0.3, 0.4) is 0 Å². The Bertz CT molecular complexity index is 546. The highest BCUT2D eigenvalue weighted by molar-refractivity contribution is 9.10. The van der Waals surface area contributed by atoms with Gasteiger partial charge >= 0.3 is 0 Å². The van der Waals surface area contributed by atoms with Crippen LogP contribution in [0.5, 0.6) is 0 Å². The Morgan fingerprint density at radius 1 is 1.29 bits per heavy atom. The van der Waals surface area contributed by atoms with Crippen molar-refractivity contribution in [3.8, 4) is 6.07 Å². The molecule has 1 aromatic heterocycles. The predicted octanol–water partition coefficient (Wildman–Crippen LogP) is 3.33. The number of benzene rings is 1. The minimum atomic E-state index is 0.639. The third-order valence-corrected chi connectivity index (χ3v) is 2.94. The number of hydrogen-bond acceptors (Lipinski definition) is 3. The van der Waals surface area contributed by atoms with Crippen molar-refractivity contribution in [2.75, 3.05) is 5.32 Å². The van der Waals surface area contributed by atoms with Crippen LogP contribution in [0.15, 0.2) is 47.1 Å². The van der Waals surface area contributed by atoms with Crippen LogP contribution in [-0.4, -0.2) is 4.98 Å². The van der Waals surface area contributed by atoms with E-state index in [0.29, 0.717) is 12.1 Å². The van der Waals surface area contributed by atoms with Crippen LogP contribution in [0, 0.1) is 11.3 Å². The molecule has 17 heavy (non-hydrogen) atoms. The summed E-state index contributed by atoms with van der Waals surface area (Å²) in [6.45, 7) is 0.658. The van der Waals surface area contributed by atoms with Gasteiger partial charge in [-0.05, 0) is 46.3 Å². The van der Waals surface area contributed by atoms with Crippen LogP contribution in [0.4, 0.5) is 5.69 Å². The van der Waals surface area contributed by atoms with E-state index in [2.05, 4.69) is 32.3 Å². The summed E-state index contributed by atoms with van der Waals surface area (Å²) >= 11 is 3.43. The predicted molar refractivity (Wildman–Crippen MR) is 70.4 cm³/mol. The number of hydrogen-bond donors (Lipinski definition) is 1. The van der Waals surface area contributed by atoms with E-state index in [4.69, 9.17) is 5.26 Å². The van der Waals surface area contributed by atoms with Gasteiger partial charge < -0.3 is 5.32 Å². The van der Waals surface area contributed by atoms with Crippen molar-refractivity contribution in [3.63, 3.8) is 0 Å². The van der Waals surface area contributed by atoms with Gasteiger partial charge in [-0.1, -0.05) is 6.07 Å². The van der Waals surface area contributed by atoms with Gasteiger partial charge in [-0.3, -0.25) is 4.98 Å². The number of rotatable bonds is 3. The number of nitrogens with one attached hydrogen (secondary N) is 1. The molecule has 0 saturated carbocycles. The van der Waals surface area contributed by atoms with Crippen molar-refractivity contribution in [3.05, 3.63) is 58.3 Å². The number of halogens is 1. The van der Waals surface area contributed by atoms with Gasteiger partial charge in [-0.15, -0.1) is 0 Å². The van der Waals surface area contributed by atoms with E-state index in [-0.39, 0.29) is 0 Å². The smallest absolute Gasteiger partial charge is 0.0992 e. The summed E-state index contributed by atoms with van der Waals surface area (Å²) in [4.78, 5) is 4.23. The van der Waals surface area contributed by atoms with Crippen molar-refractivity contribution >= 4 is 21.6 Å². The normalized spacial score (nSPS) is 9.65. The molecule has 0 aliphatic heterocycles. The van der Waals surface area contributed by atoms with E-state index in [0.717, 1.165) is 15.9 Å². The second-order valence-electron chi connectivity index (χ2n) is 3.48. The van der Waals surface area contributed by atoms with E-state index < -0.39 is 0 Å². The van der Waals surface area contributed by atoms with E-state index in [1.54, 1.807) is 18.3 Å². The van der Waals surface area contributed by atoms with Crippen LogP contribution >= 0.6 is 15.9 Å². The Labute approximate surface area is 108 Å². The Morgan fingerprint density at radius 2 is 2.18 bits per heavy atom. The fourth-order valence-electron chi connectivity index (χ4n) is 1.42. The van der Waals surface area contributed by atoms with E-state index in [9.17, 15) is 0 Å². The zero-order valence-electron chi connectivity index (χ0n) is 9.02. The van der Waals surface area contributed by atoms with Crippen LogP contribution in [0.25, 0.3) is 0 Å². The van der Waals surface area contributed by atoms with Crippen molar-refractivity contribution in [2.45, 2.75) is 6.54 Å². The molecule has 0 amide bonds. The lowest BCUT2D eigenvalue weighted by Gasteiger charge is -2.08. The number of aromatic nitrogens is 1. The standard InChI is InChI=1S/C13H10BrN3/c14-12-7-10(8-15)4-5-13(12)17-9-11-3-1-2-6-16-11/h1-7,17H,9H2. The summed E-state index contributed by atoms with van der Waals surface area (Å²) in [6.07, 6.45) is 1.77. The molecule has 0 radical (unpaired) electrons. The third kappa shape index (κ3) is 3.05. The fourth-order valence-corrected chi connectivity index (χ4v) is 1.94. The first-order chi connectivity index (χ1) is 8.29. The minimum Gasteiger partial charge on any atom is -0.378 e. The molecule has 0 aliphatic rings. The molecule has 0 aliphatic carbocycles. The van der Waals surface area contributed by atoms with Crippen molar-refractivity contribution in [2.24, 2.45) is 0 Å². The average Bonchev–Trinajstić information content (AvgIpc) is 2.38. The van der Waals surface area contributed by atoms with Crippen LogP contribution < -0.4 is 5.32 Å². The van der Waals surface area contributed by atoms with Crippen molar-refractivity contribution in [1.29, 1.82) is 5.26 Å². The monoisotopic (exact) mass is 287 g/mol. The molecule has 1 heterocycles. The van der Waals surface area contributed by atoms with E-state index in [1.807, 2.05) is 24.3 Å². The molecular weight excluding hydrogens is 278 g/mol. The second-order valence-corrected chi connectivity index (χ2v) is 4.34. The van der Waals surface area contributed by atoms with E-state index in [1.165, 1.54) is 0 Å². The quantitative estimate of drug-likeness (QED) is 0.942. The molecule has 0 unspecified atom stereocenters. The lowest BCUT2D eigenvalue weighted by molar-refractivity contribution is 1.04. The zero-order valence-corrected chi connectivity index (χ0v) is 10.6. The number of nitrogens with zero attached hydrogens (tertiary/aromatic N) is 2. The van der Waals surface area contributed by atoms with Gasteiger partial charge in [0.2, 0.25) is 0 Å². The van der Waals surface area contributed by atoms with Crippen LogP contribution in [-0.2, 0) is 6.54 Å². The van der Waals surface area contributed by atoms with Gasteiger partial charge in [0.1, 0.15) is 0 Å². The van der Waals surface area contributed by atoms with Gasteiger partial charge in [-0.2, -0.15) is 5.26 Å². The number of pyridine rings is 1. The molecule has 4 heteroatoms. The van der Waals surface area contributed by atoms with Gasteiger partial charge in [0.15, 0.2) is 0 Å². The summed E-state index contributed by atoms with van der Waals surface area (Å²) in [5.74, 6) is 0. The molecule has 3 nitrogen and oxygen atoms in total. The molecule has 1 N–H and O–H groups in total. The Kier molecular flexibility index (Phi) is 3.73. The van der Waals surface area contributed by atoms with Gasteiger partial charge in [0, 0.05) is 16.4 Å². The number of anilines is 1. The summed E-state index contributed by atoms with van der Waals surface area (Å²) in [5.41, 5.74) is 2.57. The highest BCUT2D eigenvalue weighted by Crippen LogP contribution is 2.23. The molecule has 2 aromatic rings. The average molecular weight is 288 g/mol. The number of nitriles is 1. The molecule has 0 atom stereocenters. The lowest BCUT2D eigenvalue weighted by atomic mass is 10.2. The van der Waals surface area contributed by atoms with Gasteiger partial charge in [-0.25, -0.2) is 0 Å². The van der Waals surface area contributed by atoms with Crippen molar-refractivity contribution < 1.29 is 0 Å². The summed E-state index contributed by atoms with van der Waals surface area (Å²) in [7, 11) is 0. The zero-order chi connectivity index (χ0) is 12.1. The first-order valence-corrected chi connectivity index (χ1v) is 5.92. The topological polar surface area (TPSA) is 48.7 Å². The van der Waals surface area contributed by atoms with Gasteiger partial charge in [0.05, 0.1) is 23.9 Å². The molecule has 0 bridgehead atoms. The maximum atomic E-state index is 8.76. The first-order valence-electron chi connectivity index (χ1n) is 5.13. The Hall–Kier alpha value is -1.86. The maximum absolute atomic E-state index is 8.76. The van der Waals surface area contributed by atoms with Crippen LogP contribution in [0.2, 0.25) is 0 Å². The van der Waals surface area contributed by atoms with Crippen molar-refractivity contribution in [1.82, 2.24) is 4.98 Å². The molecular formula is C13H10BrN3. The summed E-state index contributed by atoms with van der Waals surface area (Å²) < 4.78 is 0.882. The van der Waals surface area contributed by atoms with Gasteiger partial charge in [0.25, 0.3) is 0 Å². The largest absolute Gasteiger partial charge is 0.378 e. The summed E-state index contributed by atoms with van der Waals surface area (Å²) in [5, 5.41) is 12.0. The fraction of sp³-hybridized carbons (Fsp3) is 0.0769. The molecule has 0 saturated heterocycles. The SMILES string of the molecule is N#Cc1ccc(NCc2ccccn2)c(Br)c1. The molecule has 1 aromatic carbocycles. The highest BCUT2D eigenvalue weighted by atomic mass is 79.9. The Balaban J connectivity index is 2.08.